The van der Waals surface area contributed by atoms with E-state index in [0.29, 0.717) is 17.0 Å². The molecule has 0 aliphatic carbocycles. The van der Waals surface area contributed by atoms with Gasteiger partial charge in [0.1, 0.15) is 11.3 Å². The van der Waals surface area contributed by atoms with Crippen molar-refractivity contribution in [2.75, 3.05) is 0 Å². The second-order valence-electron chi connectivity index (χ2n) is 5.06. The van der Waals surface area contributed by atoms with Crippen LogP contribution in [0.1, 0.15) is 26.7 Å². The lowest BCUT2D eigenvalue weighted by atomic mass is 10.3. The van der Waals surface area contributed by atoms with Crippen LogP contribution in [0.5, 0.6) is 0 Å². The zero-order valence-corrected chi connectivity index (χ0v) is 13.0. The second-order valence-corrected chi connectivity index (χ2v) is 5.06. The number of carbonyl (C=O) groups is 2. The van der Waals surface area contributed by atoms with Crippen LogP contribution in [0, 0.1) is 6.92 Å². The molecule has 0 unspecified atom stereocenters. The number of rotatable bonds is 2. The summed E-state index contributed by atoms with van der Waals surface area (Å²) in [6, 6.07) is 7.87. The first kappa shape index (κ1) is 15.4. The van der Waals surface area contributed by atoms with E-state index < -0.39 is 11.8 Å². The molecule has 3 heterocycles. The SMILES string of the molecule is Cc1nc2ccccn2c1C(=O)NNC(=O)c1ccc(=O)n(C)n1. The van der Waals surface area contributed by atoms with Crippen LogP contribution in [0.4, 0.5) is 0 Å². The predicted octanol–water partition coefficient (Wildman–Crippen LogP) is -0.189. The van der Waals surface area contributed by atoms with Crippen molar-refractivity contribution >= 4 is 17.5 Å². The Bertz CT molecular complexity index is 1000. The van der Waals surface area contributed by atoms with E-state index in [0.717, 1.165) is 4.68 Å². The number of amides is 2. The van der Waals surface area contributed by atoms with Gasteiger partial charge >= 0.3 is 0 Å². The molecule has 2 amide bonds. The largest absolute Gasteiger partial charge is 0.295 e. The summed E-state index contributed by atoms with van der Waals surface area (Å²) in [6.45, 7) is 1.71. The van der Waals surface area contributed by atoms with E-state index in [2.05, 4.69) is 20.9 Å². The van der Waals surface area contributed by atoms with Crippen molar-refractivity contribution in [2.45, 2.75) is 6.92 Å². The molecule has 3 rings (SSSR count). The number of pyridine rings is 1. The summed E-state index contributed by atoms with van der Waals surface area (Å²) in [7, 11) is 1.43. The molecule has 122 valence electrons. The minimum Gasteiger partial charge on any atom is -0.295 e. The fraction of sp³-hybridized carbons (Fsp3) is 0.133. The van der Waals surface area contributed by atoms with Crippen LogP contribution in [-0.2, 0) is 7.05 Å². The maximum absolute atomic E-state index is 12.3. The summed E-state index contributed by atoms with van der Waals surface area (Å²) in [6.07, 6.45) is 1.71. The van der Waals surface area contributed by atoms with E-state index in [-0.39, 0.29) is 11.3 Å². The second kappa shape index (κ2) is 5.95. The number of hydrogen-bond acceptors (Lipinski definition) is 5. The molecule has 2 N–H and O–H groups in total. The van der Waals surface area contributed by atoms with Gasteiger partial charge in [-0.2, -0.15) is 5.10 Å². The fourth-order valence-electron chi connectivity index (χ4n) is 2.25. The van der Waals surface area contributed by atoms with Crippen LogP contribution in [0.25, 0.3) is 5.65 Å². The number of aryl methyl sites for hydroxylation is 2. The number of nitrogens with zero attached hydrogens (tertiary/aromatic N) is 4. The summed E-state index contributed by atoms with van der Waals surface area (Å²) in [5.41, 5.74) is 5.75. The van der Waals surface area contributed by atoms with Crippen molar-refractivity contribution in [3.05, 3.63) is 64.0 Å². The van der Waals surface area contributed by atoms with Gasteiger partial charge < -0.3 is 0 Å². The Morgan fingerprint density at radius 1 is 1.08 bits per heavy atom. The highest BCUT2D eigenvalue weighted by molar-refractivity contribution is 5.98. The molecule has 0 saturated heterocycles. The Morgan fingerprint density at radius 3 is 2.58 bits per heavy atom. The van der Waals surface area contributed by atoms with Gasteiger partial charge in [0.15, 0.2) is 5.69 Å². The lowest BCUT2D eigenvalue weighted by Crippen LogP contribution is -2.43. The van der Waals surface area contributed by atoms with Crippen LogP contribution < -0.4 is 16.4 Å². The summed E-state index contributed by atoms with van der Waals surface area (Å²) >= 11 is 0. The summed E-state index contributed by atoms with van der Waals surface area (Å²) < 4.78 is 2.66. The Hall–Kier alpha value is -3.49. The maximum Gasteiger partial charge on any atom is 0.290 e. The quantitative estimate of drug-likeness (QED) is 0.634. The third-order valence-corrected chi connectivity index (χ3v) is 3.40. The molecule has 0 aromatic carbocycles. The average Bonchev–Trinajstić information content (AvgIpc) is 2.90. The van der Waals surface area contributed by atoms with Crippen molar-refractivity contribution in [3.63, 3.8) is 0 Å². The molecule has 9 nitrogen and oxygen atoms in total. The van der Waals surface area contributed by atoms with Crippen molar-refractivity contribution in [2.24, 2.45) is 7.05 Å². The third kappa shape index (κ3) is 2.74. The molecule has 0 saturated carbocycles. The number of aromatic nitrogens is 4. The van der Waals surface area contributed by atoms with Crippen molar-refractivity contribution in [1.82, 2.24) is 30.0 Å². The molecular weight excluding hydrogens is 312 g/mol. The first-order chi connectivity index (χ1) is 11.5. The van der Waals surface area contributed by atoms with Crippen molar-refractivity contribution < 1.29 is 9.59 Å². The van der Waals surface area contributed by atoms with Gasteiger partial charge in [-0.25, -0.2) is 9.67 Å². The molecular formula is C15H14N6O3. The van der Waals surface area contributed by atoms with Gasteiger partial charge in [-0.05, 0) is 25.1 Å². The van der Waals surface area contributed by atoms with Gasteiger partial charge in [0.05, 0.1) is 5.69 Å². The molecule has 9 heteroatoms. The van der Waals surface area contributed by atoms with Gasteiger partial charge in [0, 0.05) is 19.3 Å². The van der Waals surface area contributed by atoms with Gasteiger partial charge in [-0.3, -0.25) is 29.6 Å². The lowest BCUT2D eigenvalue weighted by Gasteiger charge is -2.08. The third-order valence-electron chi connectivity index (χ3n) is 3.40. The molecule has 0 atom stereocenters. The monoisotopic (exact) mass is 326 g/mol. The van der Waals surface area contributed by atoms with Gasteiger partial charge in [0.2, 0.25) is 0 Å². The van der Waals surface area contributed by atoms with Crippen LogP contribution in [0.15, 0.2) is 41.3 Å². The highest BCUT2D eigenvalue weighted by Gasteiger charge is 2.17. The van der Waals surface area contributed by atoms with Crippen molar-refractivity contribution in [3.8, 4) is 0 Å². The number of nitrogens with one attached hydrogen (secondary N) is 2. The summed E-state index contributed by atoms with van der Waals surface area (Å²) in [4.78, 5) is 39.9. The van der Waals surface area contributed by atoms with Crippen LogP contribution in [-0.4, -0.2) is 31.0 Å². The highest BCUT2D eigenvalue weighted by atomic mass is 16.2. The van der Waals surface area contributed by atoms with Crippen LogP contribution in [0.3, 0.4) is 0 Å². The predicted molar refractivity (Wildman–Crippen MR) is 84.3 cm³/mol. The average molecular weight is 326 g/mol. The molecule has 0 bridgehead atoms. The van der Waals surface area contributed by atoms with Gasteiger partial charge in [-0.15, -0.1) is 0 Å². The molecule has 0 radical (unpaired) electrons. The van der Waals surface area contributed by atoms with Gasteiger partial charge in [-0.1, -0.05) is 6.07 Å². The minimum atomic E-state index is -0.634. The molecule has 0 spiro atoms. The number of hydrogen-bond donors (Lipinski definition) is 2. The first-order valence-electron chi connectivity index (χ1n) is 7.06. The van der Waals surface area contributed by atoms with Crippen LogP contribution in [0.2, 0.25) is 0 Å². The van der Waals surface area contributed by atoms with E-state index in [9.17, 15) is 14.4 Å². The molecule has 0 aliphatic heterocycles. The zero-order chi connectivity index (χ0) is 17.3. The first-order valence-corrected chi connectivity index (χ1v) is 7.06. The number of fused-ring (bicyclic) bond motifs is 1. The Balaban J connectivity index is 1.77. The molecule has 3 aromatic heterocycles. The Kier molecular flexibility index (Phi) is 3.82. The Morgan fingerprint density at radius 2 is 1.83 bits per heavy atom. The normalized spacial score (nSPS) is 10.6. The van der Waals surface area contributed by atoms with E-state index in [1.54, 1.807) is 29.7 Å². The van der Waals surface area contributed by atoms with E-state index in [1.807, 2.05) is 6.07 Å². The standard InChI is InChI=1S/C15H14N6O3/c1-9-13(21-8-4-3-5-11(21)16-9)15(24)18-17-14(23)10-6-7-12(22)20(2)19-10/h3-8H,1-2H3,(H,17,23)(H,18,24). The molecule has 0 fully saturated rings. The highest BCUT2D eigenvalue weighted by Crippen LogP contribution is 2.11. The maximum atomic E-state index is 12.3. The lowest BCUT2D eigenvalue weighted by molar-refractivity contribution is 0.0839. The van der Waals surface area contributed by atoms with E-state index >= 15 is 0 Å². The topological polar surface area (TPSA) is 110 Å². The summed E-state index contributed by atoms with van der Waals surface area (Å²) in [5.74, 6) is -1.14. The minimum absolute atomic E-state index is 0.00673. The molecule has 3 aromatic rings. The Labute approximate surface area is 135 Å². The van der Waals surface area contributed by atoms with Gasteiger partial charge in [0.25, 0.3) is 17.4 Å². The zero-order valence-electron chi connectivity index (χ0n) is 13.0. The van der Waals surface area contributed by atoms with Crippen LogP contribution >= 0.6 is 0 Å². The number of hydrazine groups is 1. The molecule has 0 aliphatic rings. The summed E-state index contributed by atoms with van der Waals surface area (Å²) in [5, 5.41) is 3.80. The smallest absolute Gasteiger partial charge is 0.290 e. The number of imidazole rings is 1. The van der Waals surface area contributed by atoms with Crippen molar-refractivity contribution in [1.29, 1.82) is 0 Å². The van der Waals surface area contributed by atoms with E-state index in [1.165, 1.54) is 19.2 Å². The van der Waals surface area contributed by atoms with E-state index in [4.69, 9.17) is 0 Å². The fourth-order valence-corrected chi connectivity index (χ4v) is 2.25. The number of carbonyl (C=O) groups excluding carboxylic acids is 2. The molecule has 24 heavy (non-hydrogen) atoms.